The third kappa shape index (κ3) is 6.92. The molecule has 3 heteroatoms. The average molecular weight is 790 g/mol. The van der Waals surface area contributed by atoms with Crippen LogP contribution in [0.15, 0.2) is 237 Å². The van der Waals surface area contributed by atoms with Gasteiger partial charge in [0.25, 0.3) is 0 Å². The minimum atomic E-state index is 0.629. The van der Waals surface area contributed by atoms with Crippen LogP contribution in [0.2, 0.25) is 0 Å². The van der Waals surface area contributed by atoms with Gasteiger partial charge in [0.05, 0.1) is 0 Å². The van der Waals surface area contributed by atoms with Crippen molar-refractivity contribution >= 4 is 21.5 Å². The van der Waals surface area contributed by atoms with Gasteiger partial charge < -0.3 is 0 Å². The van der Waals surface area contributed by atoms with Crippen molar-refractivity contribution in [2.24, 2.45) is 0 Å². The lowest BCUT2D eigenvalue weighted by atomic mass is 9.83. The maximum Gasteiger partial charge on any atom is 0.164 e. The largest absolute Gasteiger partial charge is 0.208 e. The van der Waals surface area contributed by atoms with E-state index in [1.807, 2.05) is 36.4 Å². The van der Waals surface area contributed by atoms with E-state index >= 15 is 0 Å². The molecule has 0 bridgehead atoms. The standard InChI is InChI=1S/C59H39N3/c1-4-17-40(18-5-1)42-31-33-43(34-32-42)49-25-10-11-26-50(49)56-53-29-14-12-27-51(53)55(52-28-13-15-30-54(52)56)44-35-37-46(38-36-44)58-60-57(45-21-8-3-9-22-45)61-59(62-58)48-24-16-23-47(39-48)41-19-6-2-7-20-41/h1-39H. The van der Waals surface area contributed by atoms with E-state index in [4.69, 9.17) is 15.0 Å². The molecule has 10 aromatic carbocycles. The van der Waals surface area contributed by atoms with Crippen LogP contribution < -0.4 is 0 Å². The van der Waals surface area contributed by atoms with Crippen LogP contribution in [0.3, 0.4) is 0 Å². The highest BCUT2D eigenvalue weighted by Crippen LogP contribution is 2.46. The molecule has 62 heavy (non-hydrogen) atoms. The number of hydrogen-bond acceptors (Lipinski definition) is 3. The summed E-state index contributed by atoms with van der Waals surface area (Å²) in [5.41, 5.74) is 14.7. The van der Waals surface area contributed by atoms with E-state index in [-0.39, 0.29) is 0 Å². The van der Waals surface area contributed by atoms with Gasteiger partial charge in [0.1, 0.15) is 0 Å². The molecular formula is C59H39N3. The molecule has 0 atom stereocenters. The maximum atomic E-state index is 5.11. The highest BCUT2D eigenvalue weighted by molar-refractivity contribution is 6.22. The number of aromatic nitrogens is 3. The number of hydrogen-bond donors (Lipinski definition) is 0. The Labute approximate surface area is 361 Å². The van der Waals surface area contributed by atoms with E-state index in [0.29, 0.717) is 17.5 Å². The van der Waals surface area contributed by atoms with Crippen LogP contribution in [0.5, 0.6) is 0 Å². The van der Waals surface area contributed by atoms with Crippen LogP contribution in [0.1, 0.15) is 0 Å². The molecular weight excluding hydrogens is 751 g/mol. The number of fused-ring (bicyclic) bond motifs is 2. The fourth-order valence-corrected chi connectivity index (χ4v) is 8.76. The van der Waals surface area contributed by atoms with E-state index in [0.717, 1.165) is 33.4 Å². The average Bonchev–Trinajstić information content (AvgIpc) is 3.36. The van der Waals surface area contributed by atoms with Crippen molar-refractivity contribution in [2.75, 3.05) is 0 Å². The summed E-state index contributed by atoms with van der Waals surface area (Å²) in [6.07, 6.45) is 0. The van der Waals surface area contributed by atoms with Crippen molar-refractivity contribution in [3.8, 4) is 89.8 Å². The third-order valence-electron chi connectivity index (χ3n) is 11.8. The molecule has 3 nitrogen and oxygen atoms in total. The Kier molecular flexibility index (Phi) is 9.53. The first-order chi connectivity index (χ1) is 30.7. The van der Waals surface area contributed by atoms with Crippen molar-refractivity contribution in [3.63, 3.8) is 0 Å². The molecule has 0 N–H and O–H groups in total. The first-order valence-electron chi connectivity index (χ1n) is 21.0. The van der Waals surface area contributed by atoms with E-state index in [1.54, 1.807) is 0 Å². The van der Waals surface area contributed by atoms with Gasteiger partial charge in [-0.2, -0.15) is 0 Å². The predicted molar refractivity (Wildman–Crippen MR) is 258 cm³/mol. The van der Waals surface area contributed by atoms with E-state index in [9.17, 15) is 0 Å². The van der Waals surface area contributed by atoms with Crippen LogP contribution in [-0.2, 0) is 0 Å². The summed E-state index contributed by atoms with van der Waals surface area (Å²) >= 11 is 0. The summed E-state index contributed by atoms with van der Waals surface area (Å²) in [6, 6.07) is 83.7. The Morgan fingerprint density at radius 2 is 0.532 bits per heavy atom. The molecule has 0 amide bonds. The zero-order valence-electron chi connectivity index (χ0n) is 33.9. The van der Waals surface area contributed by atoms with E-state index in [1.165, 1.54) is 60.5 Å². The molecule has 11 rings (SSSR count). The van der Waals surface area contributed by atoms with Gasteiger partial charge in [-0.3, -0.25) is 0 Å². The fraction of sp³-hybridized carbons (Fsp3) is 0. The van der Waals surface area contributed by atoms with E-state index < -0.39 is 0 Å². The second-order valence-corrected chi connectivity index (χ2v) is 15.5. The minimum Gasteiger partial charge on any atom is -0.208 e. The SMILES string of the molecule is c1ccc(-c2ccc(-c3ccccc3-c3c4ccccc4c(-c4ccc(-c5nc(-c6ccccc6)nc(-c6cccc(-c7ccccc7)c6)n5)cc4)c4ccccc34)cc2)cc1. The molecule has 0 aliphatic heterocycles. The lowest BCUT2D eigenvalue weighted by Gasteiger charge is -2.20. The zero-order chi connectivity index (χ0) is 41.2. The normalized spacial score (nSPS) is 11.2. The Morgan fingerprint density at radius 3 is 1.10 bits per heavy atom. The maximum absolute atomic E-state index is 5.11. The van der Waals surface area contributed by atoms with Gasteiger partial charge in [0.15, 0.2) is 17.5 Å². The fourth-order valence-electron chi connectivity index (χ4n) is 8.76. The Bertz CT molecular complexity index is 3300. The number of benzene rings is 10. The zero-order valence-corrected chi connectivity index (χ0v) is 33.9. The second-order valence-electron chi connectivity index (χ2n) is 15.5. The molecule has 1 aromatic heterocycles. The molecule has 290 valence electrons. The van der Waals surface area contributed by atoms with Crippen molar-refractivity contribution in [2.45, 2.75) is 0 Å². The van der Waals surface area contributed by atoms with Gasteiger partial charge in [0, 0.05) is 16.7 Å². The quantitative estimate of drug-likeness (QED) is 0.144. The molecule has 0 unspecified atom stereocenters. The summed E-state index contributed by atoms with van der Waals surface area (Å²) in [7, 11) is 0. The van der Waals surface area contributed by atoms with Crippen LogP contribution >= 0.6 is 0 Å². The summed E-state index contributed by atoms with van der Waals surface area (Å²) < 4.78 is 0. The first-order valence-corrected chi connectivity index (χ1v) is 21.0. The second kappa shape index (κ2) is 16.1. The van der Waals surface area contributed by atoms with Crippen LogP contribution in [-0.4, -0.2) is 15.0 Å². The molecule has 0 saturated heterocycles. The first kappa shape index (κ1) is 36.8. The topological polar surface area (TPSA) is 38.7 Å². The summed E-state index contributed by atoms with van der Waals surface area (Å²) in [5, 5.41) is 4.84. The number of rotatable bonds is 8. The van der Waals surface area contributed by atoms with Gasteiger partial charge in [-0.1, -0.05) is 231 Å². The van der Waals surface area contributed by atoms with Gasteiger partial charge in [0.2, 0.25) is 0 Å². The molecule has 0 aliphatic carbocycles. The van der Waals surface area contributed by atoms with Crippen molar-refractivity contribution in [3.05, 3.63) is 237 Å². The number of nitrogens with zero attached hydrogens (tertiary/aromatic N) is 3. The summed E-state index contributed by atoms with van der Waals surface area (Å²) in [5.74, 6) is 1.90. The lowest BCUT2D eigenvalue weighted by molar-refractivity contribution is 1.07. The molecule has 11 aromatic rings. The van der Waals surface area contributed by atoms with Crippen molar-refractivity contribution < 1.29 is 0 Å². The van der Waals surface area contributed by atoms with E-state index in [2.05, 4.69) is 200 Å². The van der Waals surface area contributed by atoms with Crippen molar-refractivity contribution in [1.82, 2.24) is 15.0 Å². The lowest BCUT2D eigenvalue weighted by Crippen LogP contribution is -2.00. The monoisotopic (exact) mass is 789 g/mol. The molecule has 0 fully saturated rings. The highest BCUT2D eigenvalue weighted by atomic mass is 15.0. The van der Waals surface area contributed by atoms with Crippen LogP contribution in [0, 0.1) is 0 Å². The molecule has 0 spiro atoms. The highest BCUT2D eigenvalue weighted by Gasteiger charge is 2.20. The molecule has 0 radical (unpaired) electrons. The Hall–Kier alpha value is -8.27. The van der Waals surface area contributed by atoms with Crippen molar-refractivity contribution in [1.29, 1.82) is 0 Å². The van der Waals surface area contributed by atoms with Gasteiger partial charge in [-0.05, 0) is 83.2 Å². The van der Waals surface area contributed by atoms with Crippen LogP contribution in [0.4, 0.5) is 0 Å². The third-order valence-corrected chi connectivity index (χ3v) is 11.8. The van der Waals surface area contributed by atoms with Gasteiger partial charge in [-0.25, -0.2) is 15.0 Å². The smallest absolute Gasteiger partial charge is 0.164 e. The Balaban J connectivity index is 1.02. The summed E-state index contributed by atoms with van der Waals surface area (Å²) in [6.45, 7) is 0. The van der Waals surface area contributed by atoms with Crippen LogP contribution in [0.25, 0.3) is 111 Å². The van der Waals surface area contributed by atoms with Gasteiger partial charge >= 0.3 is 0 Å². The minimum absolute atomic E-state index is 0.629. The molecule has 0 saturated carbocycles. The Morgan fingerprint density at radius 1 is 0.194 bits per heavy atom. The van der Waals surface area contributed by atoms with Gasteiger partial charge in [-0.15, -0.1) is 0 Å². The predicted octanol–water partition coefficient (Wildman–Crippen LogP) is 15.5. The molecule has 1 heterocycles. The molecule has 0 aliphatic rings. The summed E-state index contributed by atoms with van der Waals surface area (Å²) in [4.78, 5) is 15.2.